The smallest absolute Gasteiger partial charge is 0.129 e. The van der Waals surface area contributed by atoms with Crippen molar-refractivity contribution in [3.05, 3.63) is 42.6 Å². The van der Waals surface area contributed by atoms with Crippen LogP contribution in [0.1, 0.15) is 12.2 Å². The molecule has 78 valence electrons. The van der Waals surface area contributed by atoms with E-state index in [0.29, 0.717) is 18.7 Å². The number of rotatable bonds is 3. The van der Waals surface area contributed by atoms with Crippen LogP contribution >= 0.6 is 0 Å². The van der Waals surface area contributed by atoms with E-state index in [9.17, 15) is 0 Å². The zero-order valence-electron chi connectivity index (χ0n) is 8.67. The molecule has 2 rings (SSSR count). The molecular weight excluding hydrogens is 200 g/mol. The van der Waals surface area contributed by atoms with Crippen LogP contribution in [0.5, 0.6) is 0 Å². The van der Waals surface area contributed by atoms with Crippen molar-refractivity contribution in [2.75, 3.05) is 0 Å². The molecule has 0 aliphatic rings. The summed E-state index contributed by atoms with van der Waals surface area (Å²) in [5.41, 5.74) is 1.88. The van der Waals surface area contributed by atoms with E-state index < -0.39 is 0 Å². The Balaban J connectivity index is 2.26. The summed E-state index contributed by atoms with van der Waals surface area (Å²) >= 11 is 0. The molecule has 0 aromatic carbocycles. The minimum Gasteiger partial charge on any atom is -0.265 e. The number of hydrogen-bond acceptors (Lipinski definition) is 4. The normalized spacial score (nSPS) is 9.69. The third kappa shape index (κ3) is 2.39. The maximum atomic E-state index is 8.50. The van der Waals surface area contributed by atoms with E-state index >= 15 is 0 Å². The molecule has 2 heterocycles. The van der Waals surface area contributed by atoms with Gasteiger partial charge in [0.25, 0.3) is 0 Å². The van der Waals surface area contributed by atoms with Gasteiger partial charge in [0.1, 0.15) is 5.82 Å². The van der Waals surface area contributed by atoms with Gasteiger partial charge in [-0.1, -0.05) is 0 Å². The van der Waals surface area contributed by atoms with Crippen LogP contribution in [0.15, 0.2) is 36.8 Å². The lowest BCUT2D eigenvalue weighted by Gasteiger charge is -2.01. The highest BCUT2D eigenvalue weighted by Crippen LogP contribution is 2.14. The van der Waals surface area contributed by atoms with Crippen molar-refractivity contribution in [1.29, 1.82) is 5.26 Å². The van der Waals surface area contributed by atoms with Gasteiger partial charge in [-0.3, -0.25) is 4.98 Å². The first-order valence-corrected chi connectivity index (χ1v) is 4.99. The second kappa shape index (κ2) is 4.99. The Labute approximate surface area is 93.6 Å². The van der Waals surface area contributed by atoms with Gasteiger partial charge in [-0.2, -0.15) is 5.26 Å². The highest BCUT2D eigenvalue weighted by atomic mass is 14.9. The summed E-state index contributed by atoms with van der Waals surface area (Å²) in [4.78, 5) is 12.5. The molecule has 0 aliphatic carbocycles. The van der Waals surface area contributed by atoms with Gasteiger partial charge in [-0.15, -0.1) is 0 Å². The van der Waals surface area contributed by atoms with Crippen LogP contribution in [0.4, 0.5) is 0 Å². The summed E-state index contributed by atoms with van der Waals surface area (Å²) in [6, 6.07) is 7.74. The third-order valence-corrected chi connectivity index (χ3v) is 2.14. The van der Waals surface area contributed by atoms with Crippen molar-refractivity contribution < 1.29 is 0 Å². The first-order chi connectivity index (χ1) is 7.90. The summed E-state index contributed by atoms with van der Waals surface area (Å²) in [7, 11) is 0. The van der Waals surface area contributed by atoms with Gasteiger partial charge in [0.05, 0.1) is 11.8 Å². The minimum atomic E-state index is 0.444. The molecule has 0 saturated carbocycles. The molecule has 0 saturated heterocycles. The topological polar surface area (TPSA) is 62.5 Å². The van der Waals surface area contributed by atoms with E-state index in [2.05, 4.69) is 21.0 Å². The lowest BCUT2D eigenvalue weighted by molar-refractivity contribution is 0.887. The number of hydrogen-bond donors (Lipinski definition) is 0. The van der Waals surface area contributed by atoms with Gasteiger partial charge in [0.15, 0.2) is 0 Å². The van der Waals surface area contributed by atoms with E-state index in [1.165, 1.54) is 0 Å². The Morgan fingerprint density at radius 3 is 2.69 bits per heavy atom. The molecule has 0 N–H and O–H groups in total. The molecular formula is C12H10N4. The monoisotopic (exact) mass is 210 g/mol. The molecule has 2 aromatic heterocycles. The Hall–Kier alpha value is -2.28. The second-order valence-electron chi connectivity index (χ2n) is 3.25. The predicted molar refractivity (Wildman–Crippen MR) is 59.2 cm³/mol. The second-order valence-corrected chi connectivity index (χ2v) is 3.25. The SMILES string of the molecule is N#CCCc1nccc(-c2ccncc2)n1. The quantitative estimate of drug-likeness (QED) is 0.777. The standard InChI is InChI=1S/C12H10N4/c13-6-1-2-12-15-9-5-11(16-12)10-3-7-14-8-4-10/h3-5,7-9H,1-2H2. The Bertz CT molecular complexity index is 502. The van der Waals surface area contributed by atoms with Crippen LogP contribution in [-0.4, -0.2) is 15.0 Å². The highest BCUT2D eigenvalue weighted by Gasteiger charge is 2.01. The van der Waals surface area contributed by atoms with Crippen LogP contribution in [0.25, 0.3) is 11.3 Å². The third-order valence-electron chi connectivity index (χ3n) is 2.14. The van der Waals surface area contributed by atoms with Gasteiger partial charge < -0.3 is 0 Å². The first kappa shape index (κ1) is 10.2. The van der Waals surface area contributed by atoms with E-state index in [1.807, 2.05) is 18.2 Å². The number of pyridine rings is 1. The molecule has 16 heavy (non-hydrogen) atoms. The van der Waals surface area contributed by atoms with Crippen LogP contribution in [0.3, 0.4) is 0 Å². The molecule has 0 aliphatic heterocycles. The molecule has 4 nitrogen and oxygen atoms in total. The average Bonchev–Trinajstić information content (AvgIpc) is 2.38. The fraction of sp³-hybridized carbons (Fsp3) is 0.167. The fourth-order valence-electron chi connectivity index (χ4n) is 1.37. The number of aromatic nitrogens is 3. The Morgan fingerprint density at radius 1 is 1.12 bits per heavy atom. The maximum absolute atomic E-state index is 8.50. The number of nitriles is 1. The van der Waals surface area contributed by atoms with Crippen LogP contribution in [0, 0.1) is 11.3 Å². The van der Waals surface area contributed by atoms with E-state index in [-0.39, 0.29) is 0 Å². The van der Waals surface area contributed by atoms with Crippen molar-refractivity contribution >= 4 is 0 Å². The summed E-state index contributed by atoms with van der Waals surface area (Å²) in [5.74, 6) is 0.705. The lowest BCUT2D eigenvalue weighted by atomic mass is 10.2. The van der Waals surface area contributed by atoms with Crippen molar-refractivity contribution in [3.8, 4) is 17.3 Å². The van der Waals surface area contributed by atoms with E-state index in [0.717, 1.165) is 11.3 Å². The lowest BCUT2D eigenvalue weighted by Crippen LogP contribution is -1.95. The van der Waals surface area contributed by atoms with Crippen molar-refractivity contribution in [3.63, 3.8) is 0 Å². The van der Waals surface area contributed by atoms with E-state index in [4.69, 9.17) is 5.26 Å². The van der Waals surface area contributed by atoms with Gasteiger partial charge >= 0.3 is 0 Å². The molecule has 0 unspecified atom stereocenters. The Morgan fingerprint density at radius 2 is 1.94 bits per heavy atom. The van der Waals surface area contributed by atoms with E-state index in [1.54, 1.807) is 18.6 Å². The molecule has 4 heteroatoms. The summed E-state index contributed by atoms with van der Waals surface area (Å²) < 4.78 is 0. The molecule has 0 spiro atoms. The molecule has 0 bridgehead atoms. The summed E-state index contributed by atoms with van der Waals surface area (Å²) in [6.45, 7) is 0. The maximum Gasteiger partial charge on any atom is 0.129 e. The highest BCUT2D eigenvalue weighted by molar-refractivity contribution is 5.57. The van der Waals surface area contributed by atoms with Crippen molar-refractivity contribution in [1.82, 2.24) is 15.0 Å². The van der Waals surface area contributed by atoms with Crippen LogP contribution in [0.2, 0.25) is 0 Å². The average molecular weight is 210 g/mol. The summed E-state index contributed by atoms with van der Waals surface area (Å²) in [6.07, 6.45) is 6.21. The molecule has 0 atom stereocenters. The van der Waals surface area contributed by atoms with Crippen molar-refractivity contribution in [2.45, 2.75) is 12.8 Å². The predicted octanol–water partition coefficient (Wildman–Crippen LogP) is 1.99. The molecule has 0 radical (unpaired) electrons. The largest absolute Gasteiger partial charge is 0.265 e. The van der Waals surface area contributed by atoms with Gasteiger partial charge in [-0.25, -0.2) is 9.97 Å². The fourth-order valence-corrected chi connectivity index (χ4v) is 1.37. The first-order valence-electron chi connectivity index (χ1n) is 4.99. The zero-order chi connectivity index (χ0) is 11.2. The van der Waals surface area contributed by atoms with Crippen molar-refractivity contribution in [2.24, 2.45) is 0 Å². The van der Waals surface area contributed by atoms with Crippen LogP contribution < -0.4 is 0 Å². The zero-order valence-corrected chi connectivity index (χ0v) is 8.67. The van der Waals surface area contributed by atoms with Crippen LogP contribution in [-0.2, 0) is 6.42 Å². The molecule has 2 aromatic rings. The molecule has 0 amide bonds. The van der Waals surface area contributed by atoms with Gasteiger partial charge in [0, 0.05) is 37.0 Å². The number of aryl methyl sites for hydroxylation is 1. The van der Waals surface area contributed by atoms with Gasteiger partial charge in [0.2, 0.25) is 0 Å². The van der Waals surface area contributed by atoms with Gasteiger partial charge in [-0.05, 0) is 18.2 Å². The Kier molecular flexibility index (Phi) is 3.19. The number of nitrogens with zero attached hydrogens (tertiary/aromatic N) is 4. The molecule has 0 fully saturated rings. The summed E-state index contributed by atoms with van der Waals surface area (Å²) in [5, 5.41) is 8.50. The minimum absolute atomic E-state index is 0.444.